The minimum absolute atomic E-state index is 0.0154. The van der Waals surface area contributed by atoms with Crippen LogP contribution in [0.15, 0.2) is 35.3 Å². The molecule has 0 radical (unpaired) electrons. The van der Waals surface area contributed by atoms with Crippen molar-refractivity contribution in [2.45, 2.75) is 20.4 Å². The normalized spacial score (nSPS) is 11.7. The second kappa shape index (κ2) is 6.42. The van der Waals surface area contributed by atoms with Crippen LogP contribution in [-0.4, -0.2) is 45.6 Å². The maximum absolute atomic E-state index is 12.8. The molecule has 3 aromatic rings. The first kappa shape index (κ1) is 15.6. The second-order valence-corrected chi connectivity index (χ2v) is 5.44. The smallest absolute Gasteiger partial charge is 0.275 e. The largest absolute Gasteiger partial charge is 0.481 e. The van der Waals surface area contributed by atoms with Gasteiger partial charge in [-0.3, -0.25) is 9.20 Å². The zero-order valence-corrected chi connectivity index (χ0v) is 13.8. The predicted molar refractivity (Wildman–Crippen MR) is 91.3 cm³/mol. The predicted octanol–water partition coefficient (Wildman–Crippen LogP) is 2.00. The zero-order chi connectivity index (χ0) is 16.4. The lowest BCUT2D eigenvalue weighted by atomic mass is 10.3. The van der Waals surface area contributed by atoms with E-state index in [9.17, 15) is 4.79 Å². The van der Waals surface area contributed by atoms with E-state index in [2.05, 4.69) is 23.7 Å². The molecule has 0 spiro atoms. The summed E-state index contributed by atoms with van der Waals surface area (Å²) in [6.45, 7) is 7.70. The number of methoxy groups -OCH3 is 1. The minimum atomic E-state index is 0.0154. The molecule has 6 heteroatoms. The van der Waals surface area contributed by atoms with E-state index in [-0.39, 0.29) is 5.56 Å². The molecule has 0 aliphatic carbocycles. The topological polar surface area (TPSA) is 51.8 Å². The molecule has 0 atom stereocenters. The van der Waals surface area contributed by atoms with Gasteiger partial charge in [-0.25, -0.2) is 0 Å². The molecule has 0 amide bonds. The van der Waals surface area contributed by atoms with Crippen molar-refractivity contribution in [3.05, 3.63) is 40.8 Å². The number of ether oxygens (including phenoxy) is 1. The van der Waals surface area contributed by atoms with Crippen LogP contribution in [0.2, 0.25) is 0 Å². The Bertz CT molecular complexity index is 877. The van der Waals surface area contributed by atoms with E-state index >= 15 is 0 Å². The van der Waals surface area contributed by atoms with Crippen molar-refractivity contribution in [2.75, 3.05) is 26.7 Å². The summed E-state index contributed by atoms with van der Waals surface area (Å²) >= 11 is 0. The third kappa shape index (κ3) is 2.70. The summed E-state index contributed by atoms with van der Waals surface area (Å²) in [6, 6.07) is 7.40. The molecule has 0 fully saturated rings. The van der Waals surface area contributed by atoms with Gasteiger partial charge in [0.1, 0.15) is 5.52 Å². The SMILES string of the molecule is CCN(CC)CCn1c(=O)c2cccn2c2nc(OC)ccc21. The van der Waals surface area contributed by atoms with Crippen molar-refractivity contribution in [2.24, 2.45) is 0 Å². The first-order valence-corrected chi connectivity index (χ1v) is 7.96. The monoisotopic (exact) mass is 314 g/mol. The first-order chi connectivity index (χ1) is 11.2. The Morgan fingerprint density at radius 3 is 2.65 bits per heavy atom. The number of rotatable bonds is 6. The lowest BCUT2D eigenvalue weighted by Gasteiger charge is -2.19. The van der Waals surface area contributed by atoms with Crippen LogP contribution in [0.3, 0.4) is 0 Å². The summed E-state index contributed by atoms with van der Waals surface area (Å²) in [7, 11) is 1.59. The lowest BCUT2D eigenvalue weighted by Crippen LogP contribution is -2.31. The minimum Gasteiger partial charge on any atom is -0.481 e. The fourth-order valence-corrected chi connectivity index (χ4v) is 2.92. The van der Waals surface area contributed by atoms with Gasteiger partial charge in [-0.2, -0.15) is 4.98 Å². The van der Waals surface area contributed by atoms with Gasteiger partial charge in [0.2, 0.25) is 5.88 Å². The number of likely N-dealkylation sites (N-methyl/N-ethyl adjacent to an activating group) is 1. The Morgan fingerprint density at radius 1 is 1.17 bits per heavy atom. The van der Waals surface area contributed by atoms with Crippen molar-refractivity contribution >= 4 is 16.7 Å². The van der Waals surface area contributed by atoms with Gasteiger partial charge in [0.25, 0.3) is 5.56 Å². The molecule has 0 unspecified atom stereocenters. The van der Waals surface area contributed by atoms with Crippen molar-refractivity contribution in [1.82, 2.24) is 18.9 Å². The second-order valence-electron chi connectivity index (χ2n) is 5.44. The Morgan fingerprint density at radius 2 is 1.96 bits per heavy atom. The van der Waals surface area contributed by atoms with E-state index in [1.807, 2.05) is 33.4 Å². The van der Waals surface area contributed by atoms with Crippen molar-refractivity contribution in [1.29, 1.82) is 0 Å². The zero-order valence-electron chi connectivity index (χ0n) is 13.8. The molecule has 3 aromatic heterocycles. The average Bonchev–Trinajstić information content (AvgIpc) is 3.08. The summed E-state index contributed by atoms with van der Waals surface area (Å²) in [6.07, 6.45) is 1.86. The molecule has 0 aromatic carbocycles. The fourth-order valence-electron chi connectivity index (χ4n) is 2.92. The maximum atomic E-state index is 12.8. The van der Waals surface area contributed by atoms with Crippen molar-refractivity contribution in [3.8, 4) is 5.88 Å². The van der Waals surface area contributed by atoms with Crippen LogP contribution >= 0.6 is 0 Å². The number of pyridine rings is 1. The highest BCUT2D eigenvalue weighted by Crippen LogP contribution is 2.17. The standard InChI is InChI=1S/C17H22N4O2/c1-4-19(5-2)11-12-21-13-8-9-15(23-3)18-16(13)20-10-6-7-14(20)17(21)22/h6-10H,4-5,11-12H2,1-3H3. The Kier molecular flexibility index (Phi) is 4.34. The number of aromatic nitrogens is 3. The van der Waals surface area contributed by atoms with E-state index < -0.39 is 0 Å². The third-order valence-electron chi connectivity index (χ3n) is 4.30. The highest BCUT2D eigenvalue weighted by molar-refractivity contribution is 5.75. The van der Waals surface area contributed by atoms with Crippen LogP contribution in [0.25, 0.3) is 16.7 Å². The molecule has 0 aliphatic rings. The summed E-state index contributed by atoms with van der Waals surface area (Å²) in [4.78, 5) is 19.6. The quantitative estimate of drug-likeness (QED) is 0.698. The van der Waals surface area contributed by atoms with Gasteiger partial charge in [-0.1, -0.05) is 13.8 Å². The van der Waals surface area contributed by atoms with Crippen molar-refractivity contribution in [3.63, 3.8) is 0 Å². The molecule has 0 N–H and O–H groups in total. The van der Waals surface area contributed by atoms with Gasteiger partial charge in [0.05, 0.1) is 12.6 Å². The number of hydrogen-bond donors (Lipinski definition) is 0. The first-order valence-electron chi connectivity index (χ1n) is 7.96. The fraction of sp³-hybridized carbons (Fsp3) is 0.412. The molecular formula is C17H22N4O2. The molecule has 0 saturated heterocycles. The molecule has 6 nitrogen and oxygen atoms in total. The summed E-state index contributed by atoms with van der Waals surface area (Å²) in [5.41, 5.74) is 2.22. The summed E-state index contributed by atoms with van der Waals surface area (Å²) in [5.74, 6) is 0.543. The van der Waals surface area contributed by atoms with Gasteiger partial charge >= 0.3 is 0 Å². The molecule has 0 bridgehead atoms. The van der Waals surface area contributed by atoms with Gasteiger partial charge in [-0.15, -0.1) is 0 Å². The van der Waals surface area contributed by atoms with E-state index in [4.69, 9.17) is 4.74 Å². The highest BCUT2D eigenvalue weighted by atomic mass is 16.5. The maximum Gasteiger partial charge on any atom is 0.275 e. The Balaban J connectivity index is 2.18. The van der Waals surface area contributed by atoms with E-state index in [1.165, 1.54) is 0 Å². The number of hydrogen-bond acceptors (Lipinski definition) is 4. The summed E-state index contributed by atoms with van der Waals surface area (Å²) in [5, 5.41) is 0. The Labute approximate surface area is 134 Å². The van der Waals surface area contributed by atoms with Gasteiger partial charge in [-0.05, 0) is 31.3 Å². The highest BCUT2D eigenvalue weighted by Gasteiger charge is 2.13. The van der Waals surface area contributed by atoms with Crippen molar-refractivity contribution < 1.29 is 4.74 Å². The van der Waals surface area contributed by atoms with Crippen LogP contribution in [-0.2, 0) is 6.54 Å². The number of fused-ring (bicyclic) bond motifs is 3. The molecule has 23 heavy (non-hydrogen) atoms. The molecule has 122 valence electrons. The van der Waals surface area contributed by atoms with E-state index in [0.717, 1.165) is 30.8 Å². The van der Waals surface area contributed by atoms with E-state index in [1.54, 1.807) is 13.2 Å². The lowest BCUT2D eigenvalue weighted by molar-refractivity contribution is 0.291. The molecule has 3 rings (SSSR count). The van der Waals surface area contributed by atoms with Crippen LogP contribution in [0.1, 0.15) is 13.8 Å². The van der Waals surface area contributed by atoms with Gasteiger partial charge < -0.3 is 14.2 Å². The van der Waals surface area contributed by atoms with Crippen LogP contribution in [0.4, 0.5) is 0 Å². The van der Waals surface area contributed by atoms with Crippen LogP contribution in [0, 0.1) is 0 Å². The molecule has 3 heterocycles. The van der Waals surface area contributed by atoms with Crippen LogP contribution in [0.5, 0.6) is 5.88 Å². The summed E-state index contributed by atoms with van der Waals surface area (Å²) < 4.78 is 8.87. The average molecular weight is 314 g/mol. The van der Waals surface area contributed by atoms with E-state index in [0.29, 0.717) is 17.9 Å². The third-order valence-corrected chi connectivity index (χ3v) is 4.30. The Hall–Kier alpha value is -2.34. The molecule has 0 saturated carbocycles. The molecule has 0 aliphatic heterocycles. The number of nitrogens with zero attached hydrogens (tertiary/aromatic N) is 4. The van der Waals surface area contributed by atoms with Gasteiger partial charge in [0.15, 0.2) is 5.65 Å². The molecular weight excluding hydrogens is 292 g/mol. The van der Waals surface area contributed by atoms with Gasteiger partial charge in [0, 0.05) is 25.4 Å². The van der Waals surface area contributed by atoms with Crippen LogP contribution < -0.4 is 10.3 Å².